The normalized spacial score (nSPS) is 13.8. The van der Waals surface area contributed by atoms with Crippen molar-refractivity contribution in [1.82, 2.24) is 5.32 Å². The first-order chi connectivity index (χ1) is 10.5. The number of nitrogens with one attached hydrogen (secondary N) is 2. The molecule has 3 N–H and O–H groups in total. The van der Waals surface area contributed by atoms with E-state index in [1.165, 1.54) is 0 Å². The van der Waals surface area contributed by atoms with Crippen molar-refractivity contribution >= 4 is 23.5 Å². The SMILES string of the molecule is CC(NC(=O)C(C)(C)C)C(=O)Nc1ccc(C(C)C(=O)O)cc1. The molecule has 2 atom stereocenters. The van der Waals surface area contributed by atoms with Gasteiger partial charge in [-0.15, -0.1) is 0 Å². The van der Waals surface area contributed by atoms with Crippen molar-refractivity contribution in [2.45, 2.75) is 46.6 Å². The zero-order valence-electron chi connectivity index (χ0n) is 14.1. The van der Waals surface area contributed by atoms with Gasteiger partial charge in [0.05, 0.1) is 5.92 Å². The van der Waals surface area contributed by atoms with Crippen LogP contribution in [-0.4, -0.2) is 28.9 Å². The Kier molecular flexibility index (Phi) is 5.90. The van der Waals surface area contributed by atoms with E-state index in [-0.39, 0.29) is 11.8 Å². The second-order valence-electron chi connectivity index (χ2n) is 6.62. The molecule has 0 fully saturated rings. The summed E-state index contributed by atoms with van der Waals surface area (Å²) in [5.74, 6) is -2.04. The minimum Gasteiger partial charge on any atom is -0.481 e. The van der Waals surface area contributed by atoms with Crippen LogP contribution in [0.4, 0.5) is 5.69 Å². The van der Waals surface area contributed by atoms with E-state index in [0.717, 1.165) is 0 Å². The predicted octanol–water partition coefficient (Wildman–Crippen LogP) is 2.36. The van der Waals surface area contributed by atoms with Crippen LogP contribution in [0, 0.1) is 5.41 Å². The van der Waals surface area contributed by atoms with Crippen molar-refractivity contribution in [2.75, 3.05) is 5.32 Å². The van der Waals surface area contributed by atoms with Gasteiger partial charge in [0.1, 0.15) is 6.04 Å². The molecule has 0 aromatic heterocycles. The van der Waals surface area contributed by atoms with E-state index in [2.05, 4.69) is 10.6 Å². The summed E-state index contributed by atoms with van der Waals surface area (Å²) in [5.41, 5.74) is 0.640. The van der Waals surface area contributed by atoms with Gasteiger partial charge in [-0.05, 0) is 31.5 Å². The van der Waals surface area contributed by atoms with Gasteiger partial charge in [0.2, 0.25) is 11.8 Å². The second-order valence-corrected chi connectivity index (χ2v) is 6.62. The quantitative estimate of drug-likeness (QED) is 0.776. The fraction of sp³-hybridized carbons (Fsp3) is 0.471. The van der Waals surface area contributed by atoms with Gasteiger partial charge in [-0.3, -0.25) is 14.4 Å². The summed E-state index contributed by atoms with van der Waals surface area (Å²) in [7, 11) is 0. The molecule has 2 amide bonds. The highest BCUT2D eigenvalue weighted by molar-refractivity contribution is 5.97. The smallest absolute Gasteiger partial charge is 0.310 e. The highest BCUT2D eigenvalue weighted by Gasteiger charge is 2.25. The maximum absolute atomic E-state index is 12.1. The average Bonchev–Trinajstić information content (AvgIpc) is 2.45. The van der Waals surface area contributed by atoms with E-state index in [1.807, 2.05) is 0 Å². The van der Waals surface area contributed by atoms with E-state index in [1.54, 1.807) is 58.9 Å². The van der Waals surface area contributed by atoms with E-state index >= 15 is 0 Å². The van der Waals surface area contributed by atoms with Crippen LogP contribution < -0.4 is 10.6 Å². The second kappa shape index (κ2) is 7.26. The molecule has 6 heteroatoms. The summed E-state index contributed by atoms with van der Waals surface area (Å²) >= 11 is 0. The molecule has 2 unspecified atom stereocenters. The number of carboxylic acid groups (broad SMARTS) is 1. The van der Waals surface area contributed by atoms with Crippen LogP contribution in [0.5, 0.6) is 0 Å². The largest absolute Gasteiger partial charge is 0.481 e. The number of hydrogen-bond donors (Lipinski definition) is 3. The van der Waals surface area contributed by atoms with Crippen molar-refractivity contribution in [2.24, 2.45) is 5.41 Å². The Morgan fingerprint density at radius 1 is 1.04 bits per heavy atom. The molecule has 1 aromatic rings. The monoisotopic (exact) mass is 320 g/mol. The van der Waals surface area contributed by atoms with Gasteiger partial charge in [-0.2, -0.15) is 0 Å². The standard InChI is InChI=1S/C17H24N2O4/c1-10(15(21)22)12-6-8-13(9-7-12)19-14(20)11(2)18-16(23)17(3,4)5/h6-11H,1-5H3,(H,18,23)(H,19,20)(H,21,22). The summed E-state index contributed by atoms with van der Waals surface area (Å²) in [4.78, 5) is 34.9. The lowest BCUT2D eigenvalue weighted by molar-refractivity contribution is -0.138. The molecule has 126 valence electrons. The molecule has 0 saturated heterocycles. The van der Waals surface area contributed by atoms with Crippen LogP contribution in [0.1, 0.15) is 46.1 Å². The first-order valence-electron chi connectivity index (χ1n) is 7.47. The summed E-state index contributed by atoms with van der Waals surface area (Å²) in [6.45, 7) is 8.53. The van der Waals surface area contributed by atoms with Crippen molar-refractivity contribution in [1.29, 1.82) is 0 Å². The predicted molar refractivity (Wildman–Crippen MR) is 88.2 cm³/mol. The molecule has 6 nitrogen and oxygen atoms in total. The maximum atomic E-state index is 12.1. The van der Waals surface area contributed by atoms with E-state index < -0.39 is 23.3 Å². The number of carbonyl (C=O) groups excluding carboxylic acids is 2. The first kappa shape index (κ1) is 18.7. The van der Waals surface area contributed by atoms with Crippen LogP contribution in [0.15, 0.2) is 24.3 Å². The van der Waals surface area contributed by atoms with Crippen molar-refractivity contribution in [3.8, 4) is 0 Å². The number of benzene rings is 1. The Morgan fingerprint density at radius 3 is 2.00 bits per heavy atom. The summed E-state index contributed by atoms with van der Waals surface area (Å²) < 4.78 is 0. The van der Waals surface area contributed by atoms with Crippen molar-refractivity contribution in [3.63, 3.8) is 0 Å². The first-order valence-corrected chi connectivity index (χ1v) is 7.47. The molecule has 0 saturated carbocycles. The van der Waals surface area contributed by atoms with Crippen LogP contribution in [0.2, 0.25) is 0 Å². The van der Waals surface area contributed by atoms with Gasteiger partial charge in [-0.25, -0.2) is 0 Å². The third-order valence-electron chi connectivity index (χ3n) is 3.47. The van der Waals surface area contributed by atoms with Crippen molar-refractivity contribution < 1.29 is 19.5 Å². The maximum Gasteiger partial charge on any atom is 0.310 e. The molecule has 1 aromatic carbocycles. The number of rotatable bonds is 5. The number of amides is 2. The minimum atomic E-state index is -0.902. The van der Waals surface area contributed by atoms with Gasteiger partial charge in [0.25, 0.3) is 0 Å². The van der Waals surface area contributed by atoms with Gasteiger partial charge in [-0.1, -0.05) is 32.9 Å². The third kappa shape index (κ3) is 5.39. The molecule has 1 rings (SSSR count). The van der Waals surface area contributed by atoms with E-state index in [0.29, 0.717) is 11.3 Å². The zero-order valence-corrected chi connectivity index (χ0v) is 14.1. The van der Waals surface area contributed by atoms with Crippen LogP contribution in [0.25, 0.3) is 0 Å². The van der Waals surface area contributed by atoms with Crippen LogP contribution in [0.3, 0.4) is 0 Å². The number of aliphatic carboxylic acids is 1. The third-order valence-corrected chi connectivity index (χ3v) is 3.47. The fourth-order valence-corrected chi connectivity index (χ4v) is 1.73. The Labute approximate surface area is 136 Å². The molecule has 0 aliphatic carbocycles. The number of anilines is 1. The van der Waals surface area contributed by atoms with Gasteiger partial charge >= 0.3 is 5.97 Å². The van der Waals surface area contributed by atoms with Crippen LogP contribution >= 0.6 is 0 Å². The molecular weight excluding hydrogens is 296 g/mol. The lowest BCUT2D eigenvalue weighted by Crippen LogP contribution is -2.46. The number of carbonyl (C=O) groups is 3. The summed E-state index contributed by atoms with van der Waals surface area (Å²) in [6.07, 6.45) is 0. The van der Waals surface area contributed by atoms with E-state index in [4.69, 9.17) is 5.11 Å². The van der Waals surface area contributed by atoms with Crippen molar-refractivity contribution in [3.05, 3.63) is 29.8 Å². The molecule has 23 heavy (non-hydrogen) atoms. The Bertz CT molecular complexity index is 588. The van der Waals surface area contributed by atoms with Gasteiger partial charge in [0, 0.05) is 11.1 Å². The highest BCUT2D eigenvalue weighted by atomic mass is 16.4. The van der Waals surface area contributed by atoms with Crippen LogP contribution in [-0.2, 0) is 14.4 Å². The zero-order chi connectivity index (χ0) is 17.8. The number of carboxylic acids is 1. The fourth-order valence-electron chi connectivity index (χ4n) is 1.73. The lowest BCUT2D eigenvalue weighted by atomic mass is 9.95. The molecule has 0 heterocycles. The Balaban J connectivity index is 2.67. The molecule has 0 spiro atoms. The Hall–Kier alpha value is -2.37. The molecule has 0 radical (unpaired) electrons. The number of hydrogen-bond acceptors (Lipinski definition) is 3. The van der Waals surface area contributed by atoms with Gasteiger partial charge in [0.15, 0.2) is 0 Å². The molecule has 0 aliphatic heterocycles. The molecular formula is C17H24N2O4. The average molecular weight is 320 g/mol. The van der Waals surface area contributed by atoms with Gasteiger partial charge < -0.3 is 15.7 Å². The summed E-state index contributed by atoms with van der Waals surface area (Å²) in [5, 5.41) is 14.3. The lowest BCUT2D eigenvalue weighted by Gasteiger charge is -2.21. The Morgan fingerprint density at radius 2 is 1.57 bits per heavy atom. The highest BCUT2D eigenvalue weighted by Crippen LogP contribution is 2.18. The molecule has 0 bridgehead atoms. The summed E-state index contributed by atoms with van der Waals surface area (Å²) in [6, 6.07) is 5.94. The minimum absolute atomic E-state index is 0.203. The topological polar surface area (TPSA) is 95.5 Å². The van der Waals surface area contributed by atoms with E-state index in [9.17, 15) is 14.4 Å². The molecule has 0 aliphatic rings.